The molecule has 0 amide bonds. The summed E-state index contributed by atoms with van der Waals surface area (Å²) in [6.07, 6.45) is 3.20. The van der Waals surface area contributed by atoms with Gasteiger partial charge in [-0.2, -0.15) is 14.6 Å². The molecular formula is C18H17ClN6O. The average molecular weight is 369 g/mol. The monoisotopic (exact) mass is 368 g/mol. The number of rotatable bonds is 4. The molecule has 0 unspecified atom stereocenters. The van der Waals surface area contributed by atoms with Crippen LogP contribution < -0.4 is 5.56 Å². The Bertz CT molecular complexity index is 1160. The van der Waals surface area contributed by atoms with Gasteiger partial charge in [0.2, 0.25) is 0 Å². The maximum absolute atomic E-state index is 13.2. The highest BCUT2D eigenvalue weighted by molar-refractivity contribution is 6.30. The lowest BCUT2D eigenvalue weighted by atomic mass is 10.1. The molecule has 132 valence electrons. The molecular weight excluding hydrogens is 352 g/mol. The minimum Gasteiger partial charge on any atom is -0.314 e. The lowest BCUT2D eigenvalue weighted by Crippen LogP contribution is -2.27. The Morgan fingerprint density at radius 2 is 2.08 bits per heavy atom. The predicted octanol–water partition coefficient (Wildman–Crippen LogP) is 2.32. The third-order valence-electron chi connectivity index (χ3n) is 4.23. The first-order valence-corrected chi connectivity index (χ1v) is 8.56. The van der Waals surface area contributed by atoms with Gasteiger partial charge in [0.1, 0.15) is 6.33 Å². The van der Waals surface area contributed by atoms with Crippen molar-refractivity contribution >= 4 is 28.3 Å². The average Bonchev–Trinajstić information content (AvgIpc) is 3.07. The van der Waals surface area contributed by atoms with Crippen molar-refractivity contribution in [3.05, 3.63) is 58.2 Å². The zero-order valence-electron chi connectivity index (χ0n) is 14.4. The van der Waals surface area contributed by atoms with Gasteiger partial charge >= 0.3 is 0 Å². The van der Waals surface area contributed by atoms with Crippen molar-refractivity contribution in [1.29, 1.82) is 0 Å². The fraction of sp³-hybridized carbons (Fsp3) is 0.222. The summed E-state index contributed by atoms with van der Waals surface area (Å²) < 4.78 is 3.28. The van der Waals surface area contributed by atoms with Crippen LogP contribution in [-0.4, -0.2) is 49.7 Å². The van der Waals surface area contributed by atoms with Crippen LogP contribution in [0.2, 0.25) is 5.02 Å². The summed E-state index contributed by atoms with van der Waals surface area (Å²) >= 11 is 6.18. The van der Waals surface area contributed by atoms with E-state index in [9.17, 15) is 4.79 Å². The van der Waals surface area contributed by atoms with Crippen LogP contribution in [0, 0.1) is 0 Å². The Balaban J connectivity index is 2.06. The quantitative estimate of drug-likeness (QED) is 0.553. The molecule has 3 heterocycles. The topological polar surface area (TPSA) is 68.3 Å². The number of halogens is 1. The van der Waals surface area contributed by atoms with Crippen LogP contribution in [0.3, 0.4) is 0 Å². The van der Waals surface area contributed by atoms with Gasteiger partial charge in [0.05, 0.1) is 16.6 Å². The van der Waals surface area contributed by atoms with E-state index >= 15 is 0 Å². The van der Waals surface area contributed by atoms with E-state index in [1.165, 1.54) is 6.33 Å². The molecule has 7 nitrogen and oxygen atoms in total. The second-order valence-electron chi connectivity index (χ2n) is 6.32. The lowest BCUT2D eigenvalue weighted by molar-refractivity contribution is 0.381. The number of nitrogens with zero attached hydrogens (tertiary/aromatic N) is 6. The van der Waals surface area contributed by atoms with Crippen molar-refractivity contribution in [2.75, 3.05) is 20.6 Å². The van der Waals surface area contributed by atoms with Crippen LogP contribution in [0.1, 0.15) is 0 Å². The highest BCUT2D eigenvalue weighted by Crippen LogP contribution is 2.27. The molecule has 4 aromatic rings. The summed E-state index contributed by atoms with van der Waals surface area (Å²) in [6.45, 7) is 1.35. The molecule has 26 heavy (non-hydrogen) atoms. The van der Waals surface area contributed by atoms with E-state index in [2.05, 4.69) is 15.1 Å². The summed E-state index contributed by atoms with van der Waals surface area (Å²) in [5, 5.41) is 5.36. The van der Waals surface area contributed by atoms with Crippen LogP contribution in [0.5, 0.6) is 0 Å². The van der Waals surface area contributed by atoms with Gasteiger partial charge < -0.3 is 9.47 Å². The molecule has 0 radical (unpaired) electrons. The molecule has 0 saturated carbocycles. The largest absolute Gasteiger partial charge is 0.314 e. The molecule has 0 aliphatic heterocycles. The highest BCUT2D eigenvalue weighted by atomic mass is 35.5. The molecule has 4 rings (SSSR count). The minimum atomic E-state index is -0.107. The number of benzene rings is 1. The number of likely N-dealkylation sites (N-methyl/N-ethyl adjacent to an activating group) is 1. The van der Waals surface area contributed by atoms with Gasteiger partial charge in [0.15, 0.2) is 0 Å². The fourth-order valence-corrected chi connectivity index (χ4v) is 3.14. The predicted molar refractivity (Wildman–Crippen MR) is 102 cm³/mol. The van der Waals surface area contributed by atoms with E-state index in [-0.39, 0.29) is 5.56 Å². The summed E-state index contributed by atoms with van der Waals surface area (Å²) in [5.74, 6) is 0.443. The van der Waals surface area contributed by atoms with Crippen LogP contribution in [0.25, 0.3) is 27.9 Å². The van der Waals surface area contributed by atoms with Gasteiger partial charge in [-0.25, -0.2) is 4.98 Å². The molecule has 3 aromatic heterocycles. The second kappa shape index (κ2) is 6.51. The van der Waals surface area contributed by atoms with Gasteiger partial charge in [0.25, 0.3) is 11.3 Å². The van der Waals surface area contributed by atoms with Gasteiger partial charge in [-0.3, -0.25) is 4.79 Å². The summed E-state index contributed by atoms with van der Waals surface area (Å²) in [4.78, 5) is 23.9. The van der Waals surface area contributed by atoms with Gasteiger partial charge in [-0.1, -0.05) is 23.7 Å². The SMILES string of the molecule is CN(C)CCn1ccc2nc3ncnn3c(-c3cccc(Cl)c3)c2c1=O. The number of fused-ring (bicyclic) bond motifs is 2. The van der Waals surface area contributed by atoms with Crippen LogP contribution in [0.4, 0.5) is 0 Å². The third kappa shape index (κ3) is 2.85. The maximum Gasteiger partial charge on any atom is 0.262 e. The summed E-state index contributed by atoms with van der Waals surface area (Å²) in [6, 6.07) is 9.20. The van der Waals surface area contributed by atoms with Crippen molar-refractivity contribution in [3.8, 4) is 11.3 Å². The van der Waals surface area contributed by atoms with E-state index in [1.807, 2.05) is 43.3 Å². The maximum atomic E-state index is 13.2. The van der Waals surface area contributed by atoms with Crippen LogP contribution in [0.15, 0.2) is 47.7 Å². The Morgan fingerprint density at radius 1 is 1.23 bits per heavy atom. The van der Waals surface area contributed by atoms with Crippen LogP contribution in [-0.2, 0) is 6.54 Å². The van der Waals surface area contributed by atoms with E-state index in [4.69, 9.17) is 11.6 Å². The van der Waals surface area contributed by atoms with Crippen molar-refractivity contribution in [2.24, 2.45) is 0 Å². The third-order valence-corrected chi connectivity index (χ3v) is 4.46. The van der Waals surface area contributed by atoms with Crippen LogP contribution >= 0.6 is 11.6 Å². The molecule has 0 spiro atoms. The van der Waals surface area contributed by atoms with Crippen molar-refractivity contribution < 1.29 is 0 Å². The number of pyridine rings is 1. The Hall–Kier alpha value is -2.77. The molecule has 0 aliphatic rings. The molecule has 0 aliphatic carbocycles. The first kappa shape index (κ1) is 16.7. The Kier molecular flexibility index (Phi) is 4.18. The van der Waals surface area contributed by atoms with Gasteiger partial charge in [0, 0.05) is 29.9 Å². The zero-order chi connectivity index (χ0) is 18.3. The van der Waals surface area contributed by atoms with E-state index < -0.39 is 0 Å². The van der Waals surface area contributed by atoms with Gasteiger partial charge in [-0.05, 0) is 32.3 Å². The van der Waals surface area contributed by atoms with E-state index in [0.717, 1.165) is 12.1 Å². The first-order valence-electron chi connectivity index (χ1n) is 8.18. The number of hydrogen-bond acceptors (Lipinski definition) is 5. The number of hydrogen-bond donors (Lipinski definition) is 0. The van der Waals surface area contributed by atoms with Gasteiger partial charge in [-0.15, -0.1) is 0 Å². The Labute approximate surface area is 154 Å². The molecule has 1 aromatic carbocycles. The fourth-order valence-electron chi connectivity index (χ4n) is 2.95. The normalized spacial score (nSPS) is 11.7. The zero-order valence-corrected chi connectivity index (χ0v) is 15.2. The lowest BCUT2D eigenvalue weighted by Gasteiger charge is -2.13. The molecule has 8 heteroatoms. The molecule has 0 saturated heterocycles. The minimum absolute atomic E-state index is 0.107. The smallest absolute Gasteiger partial charge is 0.262 e. The summed E-state index contributed by atoms with van der Waals surface area (Å²) in [5.41, 5.74) is 1.92. The van der Waals surface area contributed by atoms with E-state index in [1.54, 1.807) is 21.3 Å². The van der Waals surface area contributed by atoms with E-state index in [0.29, 0.717) is 33.9 Å². The highest BCUT2D eigenvalue weighted by Gasteiger charge is 2.17. The second-order valence-corrected chi connectivity index (χ2v) is 6.76. The van der Waals surface area contributed by atoms with Crippen molar-refractivity contribution in [1.82, 2.24) is 29.0 Å². The molecule has 0 atom stereocenters. The number of aromatic nitrogens is 5. The standard InChI is InChI=1S/C18H17ClN6O/c1-23(2)8-9-24-7-6-14-15(17(24)26)16(12-4-3-5-13(19)10-12)25-18(22-14)20-11-21-25/h3-7,10-11H,8-9H2,1-2H3. The van der Waals surface area contributed by atoms with Crippen molar-refractivity contribution in [2.45, 2.75) is 6.54 Å². The molecule has 0 fully saturated rings. The van der Waals surface area contributed by atoms with Crippen molar-refractivity contribution in [3.63, 3.8) is 0 Å². The summed E-state index contributed by atoms with van der Waals surface area (Å²) in [7, 11) is 3.95. The first-order chi connectivity index (χ1) is 12.5. The molecule has 0 bridgehead atoms. The molecule has 0 N–H and O–H groups in total. The Morgan fingerprint density at radius 3 is 2.85 bits per heavy atom.